The molecule has 0 saturated heterocycles. The second kappa shape index (κ2) is 5.63. The molecule has 0 aromatic heterocycles. The van der Waals surface area contributed by atoms with Crippen LogP contribution in [0.1, 0.15) is 25.8 Å². The highest BCUT2D eigenvalue weighted by atomic mass is 35.5. The van der Waals surface area contributed by atoms with E-state index in [1.165, 1.54) is 5.56 Å². The van der Waals surface area contributed by atoms with Gasteiger partial charge in [0.1, 0.15) is 0 Å². The van der Waals surface area contributed by atoms with Crippen molar-refractivity contribution in [2.75, 3.05) is 0 Å². The molecule has 0 nitrogen and oxygen atoms in total. The van der Waals surface area contributed by atoms with Gasteiger partial charge in [0.15, 0.2) is 0 Å². The fraction of sp³-hybridized carbons (Fsp3) is 0.500. The van der Waals surface area contributed by atoms with Gasteiger partial charge in [-0.3, -0.25) is 0 Å². The Morgan fingerprint density at radius 3 is 2.64 bits per heavy atom. The van der Waals surface area contributed by atoms with Crippen LogP contribution in [0.5, 0.6) is 0 Å². The van der Waals surface area contributed by atoms with Crippen LogP contribution in [-0.2, 0) is 6.42 Å². The number of hydrogen-bond donors (Lipinski definition) is 0. The molecule has 0 aliphatic carbocycles. The van der Waals surface area contributed by atoms with E-state index in [1.807, 2.05) is 18.2 Å². The van der Waals surface area contributed by atoms with Crippen LogP contribution in [0, 0.1) is 5.92 Å². The molecule has 2 heteroatoms. The number of rotatable bonds is 4. The maximum atomic E-state index is 6.28. The van der Waals surface area contributed by atoms with Crippen molar-refractivity contribution in [1.29, 1.82) is 0 Å². The molecule has 0 aliphatic heterocycles. The molecule has 14 heavy (non-hydrogen) atoms. The highest BCUT2D eigenvalue weighted by Gasteiger charge is 2.12. The summed E-state index contributed by atoms with van der Waals surface area (Å²) < 4.78 is 0. The van der Waals surface area contributed by atoms with Crippen LogP contribution in [0.15, 0.2) is 24.3 Å². The van der Waals surface area contributed by atoms with Crippen LogP contribution in [0.3, 0.4) is 0 Å². The molecule has 1 aromatic carbocycles. The van der Waals surface area contributed by atoms with Crippen LogP contribution >= 0.6 is 23.2 Å². The zero-order valence-corrected chi connectivity index (χ0v) is 10.1. The molecule has 2 unspecified atom stereocenters. The van der Waals surface area contributed by atoms with Crippen molar-refractivity contribution in [1.82, 2.24) is 0 Å². The smallest absolute Gasteiger partial charge is 0.0408 e. The Kier molecular flexibility index (Phi) is 4.77. The van der Waals surface area contributed by atoms with Crippen molar-refractivity contribution in [3.05, 3.63) is 34.9 Å². The van der Waals surface area contributed by atoms with E-state index in [-0.39, 0.29) is 5.38 Å². The van der Waals surface area contributed by atoms with Gasteiger partial charge in [0.05, 0.1) is 0 Å². The number of benzene rings is 1. The Hall–Kier alpha value is -0.200. The van der Waals surface area contributed by atoms with Gasteiger partial charge in [-0.25, -0.2) is 0 Å². The second-order valence-corrected chi connectivity index (χ2v) is 4.73. The van der Waals surface area contributed by atoms with E-state index in [2.05, 4.69) is 19.9 Å². The molecular formula is C12H16Cl2. The monoisotopic (exact) mass is 230 g/mol. The average Bonchev–Trinajstić information content (AvgIpc) is 2.16. The Balaban J connectivity index is 2.60. The molecule has 0 spiro atoms. The topological polar surface area (TPSA) is 0 Å². The van der Waals surface area contributed by atoms with E-state index in [1.54, 1.807) is 0 Å². The summed E-state index contributed by atoms with van der Waals surface area (Å²) in [5.41, 5.74) is 1.22. The van der Waals surface area contributed by atoms with Crippen molar-refractivity contribution in [2.24, 2.45) is 5.92 Å². The van der Waals surface area contributed by atoms with Crippen molar-refractivity contribution >= 4 is 23.2 Å². The first-order chi connectivity index (χ1) is 6.63. The highest BCUT2D eigenvalue weighted by Crippen LogP contribution is 2.20. The van der Waals surface area contributed by atoms with E-state index in [9.17, 15) is 0 Å². The Morgan fingerprint density at radius 2 is 2.07 bits per heavy atom. The van der Waals surface area contributed by atoms with Crippen LogP contribution in [0.25, 0.3) is 0 Å². The lowest BCUT2D eigenvalue weighted by Gasteiger charge is -2.15. The minimum atomic E-state index is 0.207. The van der Waals surface area contributed by atoms with E-state index in [0.717, 1.165) is 17.9 Å². The zero-order chi connectivity index (χ0) is 10.6. The van der Waals surface area contributed by atoms with Gasteiger partial charge in [0.2, 0.25) is 0 Å². The normalized spacial score (nSPS) is 15.1. The summed E-state index contributed by atoms with van der Waals surface area (Å²) in [6.07, 6.45) is 2.02. The number of hydrogen-bond acceptors (Lipinski definition) is 0. The van der Waals surface area contributed by atoms with Crippen molar-refractivity contribution in [2.45, 2.75) is 32.1 Å². The first kappa shape index (κ1) is 11.9. The molecule has 0 aliphatic rings. The lowest BCUT2D eigenvalue weighted by molar-refractivity contribution is 0.525. The summed E-state index contributed by atoms with van der Waals surface area (Å²) in [4.78, 5) is 0. The third-order valence-corrected chi connectivity index (χ3v) is 3.40. The minimum Gasteiger partial charge on any atom is -0.122 e. The summed E-state index contributed by atoms with van der Waals surface area (Å²) in [7, 11) is 0. The van der Waals surface area contributed by atoms with Crippen LogP contribution in [0.2, 0.25) is 5.02 Å². The maximum absolute atomic E-state index is 6.28. The van der Waals surface area contributed by atoms with E-state index < -0.39 is 0 Å². The number of alkyl halides is 1. The van der Waals surface area contributed by atoms with Gasteiger partial charge >= 0.3 is 0 Å². The lowest BCUT2D eigenvalue weighted by atomic mass is 9.98. The zero-order valence-electron chi connectivity index (χ0n) is 8.63. The van der Waals surface area contributed by atoms with E-state index in [0.29, 0.717) is 5.92 Å². The van der Waals surface area contributed by atoms with E-state index in [4.69, 9.17) is 23.2 Å². The third-order valence-electron chi connectivity index (χ3n) is 2.58. The fourth-order valence-corrected chi connectivity index (χ4v) is 1.92. The largest absolute Gasteiger partial charge is 0.122 e. The molecule has 0 amide bonds. The SMILES string of the molecule is CCC(C)C(Cl)Cc1cccc(Cl)c1. The summed E-state index contributed by atoms with van der Waals surface area (Å²) in [5, 5.41) is 0.994. The molecule has 0 bridgehead atoms. The summed E-state index contributed by atoms with van der Waals surface area (Å²) >= 11 is 12.2. The molecule has 1 rings (SSSR count). The molecule has 0 N–H and O–H groups in total. The van der Waals surface area contributed by atoms with Crippen molar-refractivity contribution in [3.63, 3.8) is 0 Å². The van der Waals surface area contributed by atoms with Gasteiger partial charge in [-0.2, -0.15) is 0 Å². The molecule has 0 fully saturated rings. The molecule has 2 atom stereocenters. The second-order valence-electron chi connectivity index (χ2n) is 3.74. The average molecular weight is 231 g/mol. The third kappa shape index (κ3) is 3.51. The Labute approximate surface area is 96.2 Å². The summed E-state index contributed by atoms with van der Waals surface area (Å²) in [6, 6.07) is 7.92. The predicted octanol–water partition coefficient (Wildman–Crippen LogP) is 4.54. The number of halogens is 2. The van der Waals surface area contributed by atoms with E-state index >= 15 is 0 Å². The molecular weight excluding hydrogens is 215 g/mol. The highest BCUT2D eigenvalue weighted by molar-refractivity contribution is 6.30. The molecule has 0 radical (unpaired) electrons. The Morgan fingerprint density at radius 1 is 1.36 bits per heavy atom. The van der Waals surface area contributed by atoms with Gasteiger partial charge in [0, 0.05) is 10.4 Å². The summed E-state index contributed by atoms with van der Waals surface area (Å²) in [6.45, 7) is 4.35. The van der Waals surface area contributed by atoms with Gasteiger partial charge in [0.25, 0.3) is 0 Å². The molecule has 0 heterocycles. The van der Waals surface area contributed by atoms with Gasteiger partial charge < -0.3 is 0 Å². The lowest BCUT2D eigenvalue weighted by Crippen LogP contribution is -2.13. The molecule has 1 aromatic rings. The molecule has 0 saturated carbocycles. The molecule has 78 valence electrons. The fourth-order valence-electron chi connectivity index (χ4n) is 1.35. The maximum Gasteiger partial charge on any atom is 0.0408 e. The first-order valence-electron chi connectivity index (χ1n) is 5.02. The standard InChI is InChI=1S/C12H16Cl2/c1-3-9(2)12(14)8-10-5-4-6-11(13)7-10/h4-7,9,12H,3,8H2,1-2H3. The van der Waals surface area contributed by atoms with Gasteiger partial charge in [-0.15, -0.1) is 11.6 Å². The van der Waals surface area contributed by atoms with Crippen LogP contribution in [-0.4, -0.2) is 5.38 Å². The Bertz CT molecular complexity index is 283. The van der Waals surface area contributed by atoms with Crippen molar-refractivity contribution < 1.29 is 0 Å². The predicted molar refractivity (Wildman–Crippen MR) is 64.3 cm³/mol. The minimum absolute atomic E-state index is 0.207. The van der Waals surface area contributed by atoms with Crippen molar-refractivity contribution in [3.8, 4) is 0 Å². The van der Waals surface area contributed by atoms with Crippen LogP contribution < -0.4 is 0 Å². The van der Waals surface area contributed by atoms with Gasteiger partial charge in [-0.05, 0) is 30.0 Å². The van der Waals surface area contributed by atoms with Gasteiger partial charge in [-0.1, -0.05) is 44.0 Å². The quantitative estimate of drug-likeness (QED) is 0.667. The summed E-state index contributed by atoms with van der Waals surface area (Å²) in [5.74, 6) is 0.552. The first-order valence-corrected chi connectivity index (χ1v) is 5.83. The van der Waals surface area contributed by atoms with Crippen LogP contribution in [0.4, 0.5) is 0 Å².